The van der Waals surface area contributed by atoms with Gasteiger partial charge in [0.15, 0.2) is 6.29 Å². The van der Waals surface area contributed by atoms with Crippen LogP contribution in [0.2, 0.25) is 5.02 Å². The fourth-order valence-corrected chi connectivity index (χ4v) is 8.85. The summed E-state index contributed by atoms with van der Waals surface area (Å²) in [6.45, 7) is 5.63. The number of anilines is 1. The van der Waals surface area contributed by atoms with Crippen LogP contribution in [0.3, 0.4) is 0 Å². The van der Waals surface area contributed by atoms with Gasteiger partial charge in [-0.3, -0.25) is 29.3 Å². The number of likely N-dealkylation sites (N-methyl/N-ethyl adjacent to an activating group) is 1. The number of carbonyl (C=O) groups excluding carboxylic acids is 5. The van der Waals surface area contributed by atoms with Crippen molar-refractivity contribution >= 4 is 47.2 Å². The second-order valence-corrected chi connectivity index (χ2v) is 16.4. The molecule has 0 spiro atoms. The van der Waals surface area contributed by atoms with Crippen LogP contribution in [0.4, 0.5) is 5.69 Å². The van der Waals surface area contributed by atoms with Crippen LogP contribution in [-0.2, 0) is 9.59 Å². The fraction of sp³-hybridized carbons (Fsp3) is 0.435. The number of nitrogens with zero attached hydrogens (tertiary/aromatic N) is 5. The molecule has 2 atom stereocenters. The van der Waals surface area contributed by atoms with E-state index in [0.717, 1.165) is 76.8 Å². The number of rotatable bonds is 9. The third-order valence-corrected chi connectivity index (χ3v) is 12.4. The van der Waals surface area contributed by atoms with Crippen LogP contribution in [-0.4, -0.2) is 110 Å². The Morgan fingerprint density at radius 1 is 0.966 bits per heavy atom. The van der Waals surface area contributed by atoms with Gasteiger partial charge in [0.05, 0.1) is 28.4 Å². The van der Waals surface area contributed by atoms with Crippen LogP contribution in [0.15, 0.2) is 60.7 Å². The highest BCUT2D eigenvalue weighted by atomic mass is 35.5. The number of ether oxygens (including phenoxy) is 1. The number of halogens is 1. The molecule has 4 heterocycles. The molecule has 3 aromatic rings. The van der Waals surface area contributed by atoms with E-state index in [9.17, 15) is 24.0 Å². The van der Waals surface area contributed by atoms with E-state index in [4.69, 9.17) is 21.6 Å². The first-order chi connectivity index (χ1) is 28.6. The first kappa shape index (κ1) is 41.5. The zero-order chi connectivity index (χ0) is 41.5. The Balaban J connectivity index is 0.862. The lowest BCUT2D eigenvalue weighted by Crippen LogP contribution is -2.53. The minimum Gasteiger partial charge on any atom is -0.489 e. The fourth-order valence-electron chi connectivity index (χ4n) is 8.64. The third-order valence-electron chi connectivity index (χ3n) is 12.1. The van der Waals surface area contributed by atoms with E-state index < -0.39 is 17.9 Å². The molecule has 306 valence electrons. The highest BCUT2D eigenvalue weighted by Gasteiger charge is 2.35. The molecule has 7 rings (SSSR count). The van der Waals surface area contributed by atoms with Crippen molar-refractivity contribution in [2.24, 2.45) is 11.8 Å². The van der Waals surface area contributed by atoms with Gasteiger partial charge in [0.2, 0.25) is 11.8 Å². The smallest absolute Gasteiger partial charge is 0.257 e. The molecule has 4 amide bonds. The number of benzene rings is 3. The standard InChI is InChI=1S/C46H49ClN6O6/c1-50(41-15-16-42(55)49-44(41)56)46(58)43-36(30-54)4-2-6-40(43)52-24-19-33(20-25-52)28-51-22-17-32(18-23-51)8-7-31-9-11-34(12-10-31)45(57)53-21-3-5-38(29-53)59-37-14-13-35(27-48)39(47)26-37/h2,4,6,9-14,26,30,32-33,38,41H,3,5,15-25,28-29H2,1H3,(H,49,55,56). The third kappa shape index (κ3) is 9.96. The molecule has 4 fully saturated rings. The minimum absolute atomic E-state index is 0.0319. The van der Waals surface area contributed by atoms with Crippen LogP contribution < -0.4 is 15.0 Å². The first-order valence-corrected chi connectivity index (χ1v) is 20.9. The summed E-state index contributed by atoms with van der Waals surface area (Å²) >= 11 is 6.18. The van der Waals surface area contributed by atoms with E-state index in [2.05, 4.69) is 33.0 Å². The molecular weight excluding hydrogens is 768 g/mol. The van der Waals surface area contributed by atoms with Gasteiger partial charge in [-0.2, -0.15) is 5.26 Å². The molecule has 2 unspecified atom stereocenters. The van der Waals surface area contributed by atoms with Gasteiger partial charge in [-0.05, 0) is 106 Å². The number of hydrogen-bond donors (Lipinski definition) is 1. The normalized spacial score (nSPS) is 20.5. The summed E-state index contributed by atoms with van der Waals surface area (Å²) in [7, 11) is 1.55. The molecule has 12 nitrogen and oxygen atoms in total. The molecule has 0 radical (unpaired) electrons. The van der Waals surface area contributed by atoms with Crippen molar-refractivity contribution in [1.82, 2.24) is 20.0 Å². The largest absolute Gasteiger partial charge is 0.489 e. The number of imide groups is 1. The maximum atomic E-state index is 13.8. The quantitative estimate of drug-likeness (QED) is 0.167. The van der Waals surface area contributed by atoms with E-state index in [1.54, 1.807) is 37.4 Å². The van der Waals surface area contributed by atoms with Gasteiger partial charge >= 0.3 is 0 Å². The summed E-state index contributed by atoms with van der Waals surface area (Å²) in [6.07, 6.45) is 6.52. The Bertz CT molecular complexity index is 2180. The lowest BCUT2D eigenvalue weighted by Gasteiger charge is -2.39. The van der Waals surface area contributed by atoms with Crippen molar-refractivity contribution in [2.75, 3.05) is 57.8 Å². The summed E-state index contributed by atoms with van der Waals surface area (Å²) < 4.78 is 6.12. The van der Waals surface area contributed by atoms with Gasteiger partial charge in [0.1, 0.15) is 24.0 Å². The second-order valence-electron chi connectivity index (χ2n) is 16.0. The molecular formula is C46H49ClN6O6. The molecule has 4 aliphatic rings. The molecule has 0 bridgehead atoms. The lowest BCUT2D eigenvalue weighted by molar-refractivity contribution is -0.136. The number of amides is 4. The second kappa shape index (κ2) is 18.9. The van der Waals surface area contributed by atoms with Crippen LogP contribution in [0.25, 0.3) is 0 Å². The van der Waals surface area contributed by atoms with Crippen molar-refractivity contribution in [3.05, 3.63) is 93.5 Å². The maximum absolute atomic E-state index is 13.8. The number of aldehydes is 1. The van der Waals surface area contributed by atoms with E-state index >= 15 is 0 Å². The monoisotopic (exact) mass is 816 g/mol. The predicted molar refractivity (Wildman–Crippen MR) is 223 cm³/mol. The molecule has 1 N–H and O–H groups in total. The van der Waals surface area contributed by atoms with E-state index in [1.807, 2.05) is 35.2 Å². The lowest BCUT2D eigenvalue weighted by atomic mass is 9.92. The summed E-state index contributed by atoms with van der Waals surface area (Å²) in [5, 5.41) is 11.8. The van der Waals surface area contributed by atoms with Crippen molar-refractivity contribution in [1.29, 1.82) is 5.26 Å². The van der Waals surface area contributed by atoms with Gasteiger partial charge in [-0.25, -0.2) is 0 Å². The number of carbonyl (C=O) groups is 5. The van der Waals surface area contributed by atoms with Gasteiger partial charge < -0.3 is 24.3 Å². The van der Waals surface area contributed by atoms with Crippen molar-refractivity contribution in [2.45, 2.75) is 63.5 Å². The average molecular weight is 817 g/mol. The molecule has 59 heavy (non-hydrogen) atoms. The van der Waals surface area contributed by atoms with Crippen molar-refractivity contribution in [3.63, 3.8) is 0 Å². The Morgan fingerprint density at radius 3 is 2.42 bits per heavy atom. The van der Waals surface area contributed by atoms with E-state index in [0.29, 0.717) is 64.4 Å². The van der Waals surface area contributed by atoms with Gasteiger partial charge in [0, 0.05) is 68.3 Å². The summed E-state index contributed by atoms with van der Waals surface area (Å²) in [6, 6.07) is 19.1. The highest BCUT2D eigenvalue weighted by Crippen LogP contribution is 2.31. The SMILES string of the molecule is CN(C(=O)c1c(C=O)cccc1N1CCC(CN2CCC(C#Cc3ccc(C(=O)N4CCCC(Oc5ccc(C#N)c(Cl)c5)C4)cc3)CC2)CC1)C1CCC(=O)NC1=O. The number of nitrogens with one attached hydrogen (secondary N) is 1. The number of hydrogen-bond acceptors (Lipinski definition) is 9. The molecule has 4 saturated heterocycles. The Kier molecular flexibility index (Phi) is 13.3. The number of likely N-dealkylation sites (tertiary alicyclic amines) is 2. The molecule has 3 aromatic carbocycles. The van der Waals surface area contributed by atoms with E-state index in [1.165, 1.54) is 4.90 Å². The minimum atomic E-state index is -0.775. The Morgan fingerprint density at radius 2 is 1.73 bits per heavy atom. The van der Waals surface area contributed by atoms with Crippen LogP contribution in [0, 0.1) is 35.0 Å². The summed E-state index contributed by atoms with van der Waals surface area (Å²) in [5.41, 5.74) is 3.19. The van der Waals surface area contributed by atoms with E-state index in [-0.39, 0.29) is 36.3 Å². The van der Waals surface area contributed by atoms with Crippen LogP contribution >= 0.6 is 11.6 Å². The van der Waals surface area contributed by atoms with Crippen molar-refractivity contribution in [3.8, 4) is 23.7 Å². The Hall–Kier alpha value is -5.69. The zero-order valence-corrected chi connectivity index (χ0v) is 34.1. The predicted octanol–water partition coefficient (Wildman–Crippen LogP) is 5.57. The molecule has 0 aromatic heterocycles. The van der Waals surface area contributed by atoms with Crippen LogP contribution in [0.5, 0.6) is 5.75 Å². The van der Waals surface area contributed by atoms with Crippen LogP contribution in [0.1, 0.15) is 93.6 Å². The number of piperidine rings is 4. The highest BCUT2D eigenvalue weighted by molar-refractivity contribution is 6.31. The zero-order valence-electron chi connectivity index (χ0n) is 33.3. The Labute approximate surface area is 350 Å². The summed E-state index contributed by atoms with van der Waals surface area (Å²) in [4.78, 5) is 71.4. The first-order valence-electron chi connectivity index (χ1n) is 20.5. The topological polar surface area (TPSA) is 143 Å². The molecule has 4 aliphatic heterocycles. The molecule has 13 heteroatoms. The van der Waals surface area contributed by atoms with Gasteiger partial charge in [-0.15, -0.1) is 0 Å². The number of nitriles is 1. The van der Waals surface area contributed by atoms with Gasteiger partial charge in [-0.1, -0.05) is 35.6 Å². The summed E-state index contributed by atoms with van der Waals surface area (Å²) in [5.74, 6) is 6.96. The molecule has 0 saturated carbocycles. The van der Waals surface area contributed by atoms with Gasteiger partial charge in [0.25, 0.3) is 11.8 Å². The molecule has 0 aliphatic carbocycles. The average Bonchev–Trinajstić information content (AvgIpc) is 3.26. The maximum Gasteiger partial charge on any atom is 0.257 e. The van der Waals surface area contributed by atoms with Crippen molar-refractivity contribution < 1.29 is 28.7 Å².